The Hall–Kier alpha value is -4.59. The first-order valence-electron chi connectivity index (χ1n) is 10.8. The van der Waals surface area contributed by atoms with Gasteiger partial charge in [-0.1, -0.05) is 12.1 Å². The van der Waals surface area contributed by atoms with Gasteiger partial charge in [-0.15, -0.1) is 0 Å². The zero-order valence-electron chi connectivity index (χ0n) is 19.5. The first kappa shape index (κ1) is 23.6. The molecule has 0 unspecified atom stereocenters. The van der Waals surface area contributed by atoms with E-state index in [9.17, 15) is 9.59 Å². The molecule has 1 heterocycles. The number of nitrogens with one attached hydrogen (secondary N) is 1. The van der Waals surface area contributed by atoms with Crippen LogP contribution in [0.25, 0.3) is 22.2 Å². The standard InChI is InChI=1S/C27H24N2O6/c1-32-19-11-8-17(9-12-19)23-15-25(35-16-26(30)34-3)21-14-18(10-13-22(21)29-23)28-27(31)20-6-4-5-7-24(20)33-2/h4-15H,16H2,1-3H3,(H,28,31). The summed E-state index contributed by atoms with van der Waals surface area (Å²) < 4.78 is 21.0. The summed E-state index contributed by atoms with van der Waals surface area (Å²) in [4.78, 5) is 29.3. The lowest BCUT2D eigenvalue weighted by molar-refractivity contribution is -0.142. The predicted octanol–water partition coefficient (Wildman–Crippen LogP) is 4.72. The van der Waals surface area contributed by atoms with Gasteiger partial charge in [0.2, 0.25) is 0 Å². The van der Waals surface area contributed by atoms with Crippen LogP contribution in [0.3, 0.4) is 0 Å². The van der Waals surface area contributed by atoms with Crippen molar-refractivity contribution in [1.82, 2.24) is 4.98 Å². The molecular formula is C27H24N2O6. The summed E-state index contributed by atoms with van der Waals surface area (Å²) in [5.74, 6) is 0.800. The van der Waals surface area contributed by atoms with Crippen molar-refractivity contribution < 1.29 is 28.5 Å². The summed E-state index contributed by atoms with van der Waals surface area (Å²) in [5.41, 5.74) is 3.09. The minimum absolute atomic E-state index is 0.268. The number of para-hydroxylation sites is 1. The Morgan fingerprint density at radius 1 is 0.857 bits per heavy atom. The number of fused-ring (bicyclic) bond motifs is 1. The maximum absolute atomic E-state index is 12.9. The van der Waals surface area contributed by atoms with E-state index in [2.05, 4.69) is 5.32 Å². The van der Waals surface area contributed by atoms with Gasteiger partial charge in [0.25, 0.3) is 5.91 Å². The fourth-order valence-corrected chi connectivity index (χ4v) is 3.53. The van der Waals surface area contributed by atoms with Gasteiger partial charge in [0.15, 0.2) is 6.61 Å². The van der Waals surface area contributed by atoms with E-state index in [-0.39, 0.29) is 12.5 Å². The molecule has 0 bridgehead atoms. The summed E-state index contributed by atoms with van der Waals surface area (Å²) in [6, 6.07) is 21.5. The average molecular weight is 472 g/mol. The number of carbonyl (C=O) groups excluding carboxylic acids is 2. The molecule has 1 aromatic heterocycles. The molecule has 1 amide bonds. The summed E-state index contributed by atoms with van der Waals surface area (Å²) >= 11 is 0. The van der Waals surface area contributed by atoms with Crippen molar-refractivity contribution in [2.45, 2.75) is 0 Å². The Labute approximate surface area is 202 Å². The quantitative estimate of drug-likeness (QED) is 0.371. The van der Waals surface area contributed by atoms with E-state index >= 15 is 0 Å². The fraction of sp³-hybridized carbons (Fsp3) is 0.148. The number of pyridine rings is 1. The molecule has 0 aliphatic rings. The molecule has 0 fully saturated rings. The molecule has 178 valence electrons. The maximum atomic E-state index is 12.9. The molecule has 0 saturated heterocycles. The Morgan fingerprint density at radius 3 is 2.34 bits per heavy atom. The van der Waals surface area contributed by atoms with E-state index in [4.69, 9.17) is 23.9 Å². The second kappa shape index (κ2) is 10.6. The monoisotopic (exact) mass is 472 g/mol. The van der Waals surface area contributed by atoms with Crippen molar-refractivity contribution in [1.29, 1.82) is 0 Å². The van der Waals surface area contributed by atoms with Gasteiger partial charge < -0.3 is 24.3 Å². The maximum Gasteiger partial charge on any atom is 0.343 e. The molecule has 35 heavy (non-hydrogen) atoms. The first-order valence-corrected chi connectivity index (χ1v) is 10.8. The van der Waals surface area contributed by atoms with E-state index in [1.807, 2.05) is 24.3 Å². The molecule has 0 aliphatic heterocycles. The van der Waals surface area contributed by atoms with Crippen LogP contribution < -0.4 is 19.5 Å². The molecule has 0 spiro atoms. The average Bonchev–Trinajstić information content (AvgIpc) is 2.91. The molecule has 4 rings (SSSR count). The van der Waals surface area contributed by atoms with E-state index in [1.54, 1.807) is 55.6 Å². The highest BCUT2D eigenvalue weighted by molar-refractivity contribution is 6.07. The molecule has 0 radical (unpaired) electrons. The third-order valence-electron chi connectivity index (χ3n) is 5.34. The molecule has 8 nitrogen and oxygen atoms in total. The van der Waals surface area contributed by atoms with Crippen molar-refractivity contribution in [3.8, 4) is 28.5 Å². The Bertz CT molecular complexity index is 1370. The molecule has 1 N–H and O–H groups in total. The molecule has 4 aromatic rings. The minimum atomic E-state index is -0.512. The van der Waals surface area contributed by atoms with Crippen LogP contribution in [0.1, 0.15) is 10.4 Å². The summed E-state index contributed by atoms with van der Waals surface area (Å²) in [6.45, 7) is -0.268. The van der Waals surface area contributed by atoms with Crippen molar-refractivity contribution in [3.05, 3.63) is 78.4 Å². The molecule has 8 heteroatoms. The lowest BCUT2D eigenvalue weighted by atomic mass is 10.1. The van der Waals surface area contributed by atoms with Gasteiger partial charge in [-0.3, -0.25) is 4.79 Å². The van der Waals surface area contributed by atoms with E-state index in [0.29, 0.717) is 39.3 Å². The zero-order valence-corrected chi connectivity index (χ0v) is 19.5. The molecule has 0 atom stereocenters. The minimum Gasteiger partial charge on any atom is -0.497 e. The number of nitrogens with zero attached hydrogens (tertiary/aromatic N) is 1. The van der Waals surface area contributed by atoms with Gasteiger partial charge in [-0.2, -0.15) is 0 Å². The molecule has 0 saturated carbocycles. The molecule has 0 aliphatic carbocycles. The van der Waals surface area contributed by atoms with Gasteiger partial charge in [0.05, 0.1) is 38.1 Å². The van der Waals surface area contributed by atoms with Crippen LogP contribution in [-0.2, 0) is 9.53 Å². The number of aromatic nitrogens is 1. The Morgan fingerprint density at radius 2 is 1.63 bits per heavy atom. The number of hydrogen-bond acceptors (Lipinski definition) is 7. The van der Waals surface area contributed by atoms with E-state index < -0.39 is 5.97 Å². The number of rotatable bonds is 8. The summed E-state index contributed by atoms with van der Waals surface area (Å²) in [7, 11) is 4.41. The normalized spacial score (nSPS) is 10.5. The highest BCUT2D eigenvalue weighted by Gasteiger charge is 2.15. The van der Waals surface area contributed by atoms with Crippen molar-refractivity contribution >= 4 is 28.5 Å². The van der Waals surface area contributed by atoms with Crippen LogP contribution >= 0.6 is 0 Å². The number of anilines is 1. The third-order valence-corrected chi connectivity index (χ3v) is 5.34. The van der Waals surface area contributed by atoms with Crippen LogP contribution in [0.5, 0.6) is 17.2 Å². The van der Waals surface area contributed by atoms with Gasteiger partial charge >= 0.3 is 5.97 Å². The van der Waals surface area contributed by atoms with Crippen LogP contribution in [0, 0.1) is 0 Å². The van der Waals surface area contributed by atoms with Gasteiger partial charge in [0, 0.05) is 22.7 Å². The molecular weight excluding hydrogens is 448 g/mol. The first-order chi connectivity index (χ1) is 17.0. The molecule has 3 aromatic carbocycles. The highest BCUT2D eigenvalue weighted by atomic mass is 16.6. The van der Waals surface area contributed by atoms with E-state index in [0.717, 1.165) is 11.3 Å². The van der Waals surface area contributed by atoms with Crippen molar-refractivity contribution in [3.63, 3.8) is 0 Å². The van der Waals surface area contributed by atoms with Gasteiger partial charge in [0.1, 0.15) is 17.2 Å². The topological polar surface area (TPSA) is 96.0 Å². The summed E-state index contributed by atoms with van der Waals surface area (Å²) in [6.07, 6.45) is 0. The lowest BCUT2D eigenvalue weighted by Gasteiger charge is -2.13. The number of hydrogen-bond donors (Lipinski definition) is 1. The fourth-order valence-electron chi connectivity index (χ4n) is 3.53. The second-order valence-corrected chi connectivity index (χ2v) is 7.49. The smallest absolute Gasteiger partial charge is 0.343 e. The number of amides is 1. The zero-order chi connectivity index (χ0) is 24.8. The number of ether oxygens (including phenoxy) is 4. The van der Waals surface area contributed by atoms with Crippen LogP contribution in [0.2, 0.25) is 0 Å². The predicted molar refractivity (Wildman–Crippen MR) is 132 cm³/mol. The van der Waals surface area contributed by atoms with Crippen LogP contribution in [0.15, 0.2) is 72.8 Å². The highest BCUT2D eigenvalue weighted by Crippen LogP contribution is 2.33. The largest absolute Gasteiger partial charge is 0.497 e. The third kappa shape index (κ3) is 5.33. The summed E-state index contributed by atoms with van der Waals surface area (Å²) in [5, 5.41) is 3.51. The van der Waals surface area contributed by atoms with Crippen molar-refractivity contribution in [2.24, 2.45) is 0 Å². The number of carbonyl (C=O) groups is 2. The van der Waals surface area contributed by atoms with Gasteiger partial charge in [-0.05, 0) is 54.6 Å². The van der Waals surface area contributed by atoms with E-state index in [1.165, 1.54) is 14.2 Å². The SMILES string of the molecule is COC(=O)COc1cc(-c2ccc(OC)cc2)nc2ccc(NC(=O)c3ccccc3OC)cc12. The van der Waals surface area contributed by atoms with Gasteiger partial charge in [-0.25, -0.2) is 9.78 Å². The number of benzene rings is 3. The second-order valence-electron chi connectivity index (χ2n) is 7.49. The number of methoxy groups -OCH3 is 3. The van der Waals surface area contributed by atoms with Crippen LogP contribution in [0.4, 0.5) is 5.69 Å². The van der Waals surface area contributed by atoms with Crippen LogP contribution in [-0.4, -0.2) is 44.8 Å². The Balaban J connectivity index is 1.71. The van der Waals surface area contributed by atoms with Crippen molar-refractivity contribution in [2.75, 3.05) is 33.3 Å². The Kier molecular flexibility index (Phi) is 7.11. The lowest BCUT2D eigenvalue weighted by Crippen LogP contribution is -2.14. The number of esters is 1.